The molecule has 0 aromatic heterocycles. The van der Waals surface area contributed by atoms with Gasteiger partial charge in [-0.05, 0) is 30.9 Å². The summed E-state index contributed by atoms with van der Waals surface area (Å²) >= 11 is 5.57. The molecule has 0 radical (unpaired) electrons. The number of rotatable bonds is 3. The van der Waals surface area contributed by atoms with Gasteiger partial charge in [0.1, 0.15) is 4.99 Å². The van der Waals surface area contributed by atoms with Gasteiger partial charge in [-0.15, -0.1) is 0 Å². The lowest BCUT2D eigenvalue weighted by molar-refractivity contribution is 0.284. The molecule has 110 valence electrons. The second-order valence-electron chi connectivity index (χ2n) is 5.20. The first-order chi connectivity index (χ1) is 9.56. The Bertz CT molecular complexity index is 471. The van der Waals surface area contributed by atoms with Gasteiger partial charge in [0, 0.05) is 18.7 Å². The molecule has 1 saturated heterocycles. The van der Waals surface area contributed by atoms with Crippen LogP contribution in [0.4, 0.5) is 0 Å². The molecule has 0 atom stereocenters. The van der Waals surface area contributed by atoms with Crippen molar-refractivity contribution in [2.45, 2.75) is 19.8 Å². The maximum absolute atomic E-state index is 9.93. The molecular formula is C15H21NO3S. The quantitative estimate of drug-likeness (QED) is 0.869. The third-order valence-corrected chi connectivity index (χ3v) is 4.29. The van der Waals surface area contributed by atoms with E-state index in [2.05, 4.69) is 11.8 Å². The van der Waals surface area contributed by atoms with E-state index >= 15 is 0 Å². The molecule has 5 heteroatoms. The smallest absolute Gasteiger partial charge is 0.200 e. The van der Waals surface area contributed by atoms with Crippen molar-refractivity contribution < 1.29 is 14.6 Å². The highest BCUT2D eigenvalue weighted by atomic mass is 32.1. The van der Waals surface area contributed by atoms with E-state index in [-0.39, 0.29) is 5.75 Å². The van der Waals surface area contributed by atoms with Crippen LogP contribution in [0.5, 0.6) is 17.2 Å². The van der Waals surface area contributed by atoms with E-state index in [9.17, 15) is 5.11 Å². The van der Waals surface area contributed by atoms with Crippen LogP contribution in [0.1, 0.15) is 25.3 Å². The van der Waals surface area contributed by atoms with Crippen LogP contribution in [-0.2, 0) is 0 Å². The number of hydrogen-bond donors (Lipinski definition) is 1. The zero-order valence-corrected chi connectivity index (χ0v) is 13.0. The van der Waals surface area contributed by atoms with Gasteiger partial charge in [-0.25, -0.2) is 0 Å². The van der Waals surface area contributed by atoms with Crippen LogP contribution in [-0.4, -0.2) is 42.3 Å². The second kappa shape index (κ2) is 6.31. The first-order valence-electron chi connectivity index (χ1n) is 6.81. The number of phenolic OH excluding ortho intramolecular Hbond substituents is 1. The van der Waals surface area contributed by atoms with E-state index in [0.717, 1.165) is 42.4 Å². The molecule has 1 N–H and O–H groups in total. The Labute approximate surface area is 125 Å². The number of aromatic hydroxyl groups is 1. The van der Waals surface area contributed by atoms with Gasteiger partial charge in [-0.2, -0.15) is 0 Å². The van der Waals surface area contributed by atoms with Crippen LogP contribution >= 0.6 is 12.2 Å². The number of piperidine rings is 1. The molecular weight excluding hydrogens is 274 g/mol. The van der Waals surface area contributed by atoms with Gasteiger partial charge in [0.15, 0.2) is 11.5 Å². The molecule has 0 unspecified atom stereocenters. The summed E-state index contributed by atoms with van der Waals surface area (Å²) in [6, 6.07) is 3.52. The van der Waals surface area contributed by atoms with Crippen molar-refractivity contribution in [1.29, 1.82) is 0 Å². The van der Waals surface area contributed by atoms with E-state index in [4.69, 9.17) is 21.7 Å². The normalized spacial score (nSPS) is 16.1. The van der Waals surface area contributed by atoms with E-state index in [0.29, 0.717) is 11.5 Å². The highest BCUT2D eigenvalue weighted by Gasteiger charge is 2.21. The van der Waals surface area contributed by atoms with E-state index in [1.807, 2.05) is 0 Å². The molecule has 2 rings (SSSR count). The van der Waals surface area contributed by atoms with E-state index in [1.165, 1.54) is 14.2 Å². The predicted molar refractivity (Wildman–Crippen MR) is 82.9 cm³/mol. The zero-order chi connectivity index (χ0) is 14.7. The van der Waals surface area contributed by atoms with Crippen LogP contribution in [0.3, 0.4) is 0 Å². The van der Waals surface area contributed by atoms with Crippen molar-refractivity contribution in [3.8, 4) is 17.2 Å². The summed E-state index contributed by atoms with van der Waals surface area (Å²) in [6.07, 6.45) is 2.32. The van der Waals surface area contributed by atoms with E-state index in [1.54, 1.807) is 12.1 Å². The van der Waals surface area contributed by atoms with Crippen molar-refractivity contribution in [1.82, 2.24) is 4.90 Å². The third-order valence-electron chi connectivity index (χ3n) is 3.80. The minimum Gasteiger partial charge on any atom is -0.502 e. The minimum absolute atomic E-state index is 0.00816. The van der Waals surface area contributed by atoms with E-state index < -0.39 is 0 Å². The van der Waals surface area contributed by atoms with Gasteiger partial charge in [0.25, 0.3) is 0 Å². The Morgan fingerprint density at radius 3 is 2.15 bits per heavy atom. The number of nitrogens with zero attached hydrogens (tertiary/aromatic N) is 1. The van der Waals surface area contributed by atoms with Crippen molar-refractivity contribution >= 4 is 17.2 Å². The molecule has 1 heterocycles. The summed E-state index contributed by atoms with van der Waals surface area (Å²) in [6.45, 7) is 4.23. The molecule has 1 aliphatic heterocycles. The Hall–Kier alpha value is -1.49. The number of likely N-dealkylation sites (tertiary alicyclic amines) is 1. The molecule has 1 aliphatic rings. The average Bonchev–Trinajstić information content (AvgIpc) is 2.47. The fraction of sp³-hybridized carbons (Fsp3) is 0.533. The summed E-state index contributed by atoms with van der Waals surface area (Å²) in [5.41, 5.74) is 0.848. The maximum Gasteiger partial charge on any atom is 0.200 e. The Kier molecular flexibility index (Phi) is 4.70. The first-order valence-corrected chi connectivity index (χ1v) is 7.22. The van der Waals surface area contributed by atoms with Crippen LogP contribution in [0.25, 0.3) is 0 Å². The topological polar surface area (TPSA) is 41.9 Å². The van der Waals surface area contributed by atoms with Gasteiger partial charge in [-0.1, -0.05) is 19.1 Å². The lowest BCUT2D eigenvalue weighted by atomic mass is 9.99. The lowest BCUT2D eigenvalue weighted by Gasteiger charge is -2.32. The summed E-state index contributed by atoms with van der Waals surface area (Å²) < 4.78 is 10.3. The number of thiocarbonyl (C=S) groups is 1. The Morgan fingerprint density at radius 2 is 1.70 bits per heavy atom. The highest BCUT2D eigenvalue weighted by Crippen LogP contribution is 2.37. The van der Waals surface area contributed by atoms with Gasteiger partial charge < -0.3 is 19.5 Å². The summed E-state index contributed by atoms with van der Waals surface area (Å²) in [7, 11) is 3.04. The summed E-state index contributed by atoms with van der Waals surface area (Å²) in [5, 5.41) is 9.93. The Morgan fingerprint density at radius 1 is 1.20 bits per heavy atom. The van der Waals surface area contributed by atoms with Gasteiger partial charge in [0.2, 0.25) is 5.75 Å². The lowest BCUT2D eigenvalue weighted by Crippen LogP contribution is -2.37. The fourth-order valence-electron chi connectivity index (χ4n) is 2.41. The van der Waals surface area contributed by atoms with Crippen LogP contribution in [0.2, 0.25) is 0 Å². The molecule has 4 nitrogen and oxygen atoms in total. The van der Waals surface area contributed by atoms with Crippen molar-refractivity contribution in [2.24, 2.45) is 5.92 Å². The summed E-state index contributed by atoms with van der Waals surface area (Å²) in [4.78, 5) is 2.99. The number of phenols is 1. The van der Waals surface area contributed by atoms with Crippen molar-refractivity contribution in [3.05, 3.63) is 17.7 Å². The molecule has 1 aromatic rings. The van der Waals surface area contributed by atoms with Crippen LogP contribution < -0.4 is 9.47 Å². The molecule has 1 aromatic carbocycles. The predicted octanol–water partition coefficient (Wildman–Crippen LogP) is 2.82. The number of benzene rings is 1. The van der Waals surface area contributed by atoms with Crippen LogP contribution in [0, 0.1) is 5.92 Å². The second-order valence-corrected chi connectivity index (χ2v) is 5.59. The molecule has 0 aliphatic carbocycles. The highest BCUT2D eigenvalue weighted by molar-refractivity contribution is 7.80. The van der Waals surface area contributed by atoms with Crippen molar-refractivity contribution in [3.63, 3.8) is 0 Å². The minimum atomic E-state index is 0.00816. The molecule has 0 bridgehead atoms. The summed E-state index contributed by atoms with van der Waals surface area (Å²) in [5.74, 6) is 1.53. The number of ether oxygens (including phenoxy) is 2. The average molecular weight is 295 g/mol. The van der Waals surface area contributed by atoms with Gasteiger partial charge >= 0.3 is 0 Å². The molecule has 20 heavy (non-hydrogen) atoms. The fourth-order valence-corrected chi connectivity index (χ4v) is 2.71. The monoisotopic (exact) mass is 295 g/mol. The standard InChI is InChI=1S/C15H21NO3S/c1-10-4-6-16(7-5-10)15(20)11-8-12(18-2)14(17)13(9-11)19-3/h8-10,17H,4-7H2,1-3H3. The number of hydrogen-bond acceptors (Lipinski definition) is 4. The first kappa shape index (κ1) is 14.9. The molecule has 0 saturated carbocycles. The largest absolute Gasteiger partial charge is 0.502 e. The van der Waals surface area contributed by atoms with Crippen molar-refractivity contribution in [2.75, 3.05) is 27.3 Å². The Balaban J connectivity index is 2.25. The van der Waals surface area contributed by atoms with Crippen LogP contribution in [0.15, 0.2) is 12.1 Å². The maximum atomic E-state index is 9.93. The SMILES string of the molecule is COc1cc(C(=S)N2CCC(C)CC2)cc(OC)c1O. The van der Waals surface area contributed by atoms with Gasteiger partial charge in [0.05, 0.1) is 14.2 Å². The number of methoxy groups -OCH3 is 2. The third kappa shape index (κ3) is 2.98. The van der Waals surface area contributed by atoms with Gasteiger partial charge in [-0.3, -0.25) is 0 Å². The molecule has 0 amide bonds. The zero-order valence-electron chi connectivity index (χ0n) is 12.2. The molecule has 1 fully saturated rings. The molecule has 0 spiro atoms.